The second-order valence-electron chi connectivity index (χ2n) is 9.66. The van der Waals surface area contributed by atoms with Gasteiger partial charge in [0.25, 0.3) is 0 Å². The van der Waals surface area contributed by atoms with Gasteiger partial charge in [-0.3, -0.25) is 4.79 Å². The van der Waals surface area contributed by atoms with Crippen molar-refractivity contribution in [2.75, 3.05) is 37.7 Å². The second-order valence-corrected chi connectivity index (χ2v) is 10.7. The molecule has 0 unspecified atom stereocenters. The number of nitrogens with zero attached hydrogens (tertiary/aromatic N) is 4. The molecule has 3 heterocycles. The van der Waals surface area contributed by atoms with Gasteiger partial charge in [-0.05, 0) is 43.2 Å². The lowest BCUT2D eigenvalue weighted by atomic mass is 10.1. The smallest absolute Gasteiger partial charge is 0.248 e. The number of carbonyl (C=O) groups is 1. The molecule has 1 aliphatic heterocycles. The number of hydrogen-bond acceptors (Lipinski definition) is 6. The minimum absolute atomic E-state index is 0.0708. The fourth-order valence-electron chi connectivity index (χ4n) is 5.12. The Hall–Kier alpha value is -2.51. The summed E-state index contributed by atoms with van der Waals surface area (Å²) in [5.74, 6) is 2.15. The molecule has 0 spiro atoms. The summed E-state index contributed by atoms with van der Waals surface area (Å²) in [6.45, 7) is 5.82. The van der Waals surface area contributed by atoms with Gasteiger partial charge < -0.3 is 14.5 Å². The molecule has 1 saturated heterocycles. The number of anilines is 1. The Morgan fingerprint density at radius 3 is 2.63 bits per heavy atom. The topological polar surface area (TPSA) is 58.6 Å². The molecule has 0 radical (unpaired) electrons. The zero-order valence-corrected chi connectivity index (χ0v) is 21.6. The molecule has 0 saturated carbocycles. The van der Waals surface area contributed by atoms with Gasteiger partial charge in [0, 0.05) is 37.5 Å². The summed E-state index contributed by atoms with van der Waals surface area (Å²) in [5, 5.41) is 1.29. The number of hydrogen-bond donors (Lipinski definition) is 0. The monoisotopic (exact) mass is 492 g/mol. The average Bonchev–Trinajstić information content (AvgIpc) is 3.08. The first kappa shape index (κ1) is 24.2. The van der Waals surface area contributed by atoms with Gasteiger partial charge in [0.05, 0.1) is 12.0 Å². The van der Waals surface area contributed by atoms with E-state index in [-0.39, 0.29) is 12.5 Å². The first-order chi connectivity index (χ1) is 17.2. The van der Waals surface area contributed by atoms with Crippen molar-refractivity contribution in [1.82, 2.24) is 14.9 Å². The fourth-order valence-corrected chi connectivity index (χ4v) is 6.40. The second kappa shape index (κ2) is 11.5. The molecule has 5 rings (SSSR count). The van der Waals surface area contributed by atoms with Crippen LogP contribution < -0.4 is 4.90 Å². The zero-order chi connectivity index (χ0) is 24.0. The van der Waals surface area contributed by atoms with E-state index in [4.69, 9.17) is 14.7 Å². The van der Waals surface area contributed by atoms with Gasteiger partial charge in [-0.1, -0.05) is 50.1 Å². The quantitative estimate of drug-likeness (QED) is 0.406. The van der Waals surface area contributed by atoms with Crippen LogP contribution in [0.25, 0.3) is 10.2 Å². The number of aromatic nitrogens is 2. The molecule has 0 atom stereocenters. The number of amides is 1. The highest BCUT2D eigenvalue weighted by molar-refractivity contribution is 7.19. The normalized spacial score (nSPS) is 16.4. The molecule has 2 aromatic heterocycles. The predicted molar refractivity (Wildman–Crippen MR) is 142 cm³/mol. The van der Waals surface area contributed by atoms with Gasteiger partial charge in [0.15, 0.2) is 0 Å². The lowest BCUT2D eigenvalue weighted by Crippen LogP contribution is -2.50. The van der Waals surface area contributed by atoms with Crippen LogP contribution in [0.15, 0.2) is 30.3 Å². The predicted octanol–water partition coefficient (Wildman–Crippen LogP) is 5.17. The third-order valence-corrected chi connectivity index (χ3v) is 8.30. The maximum Gasteiger partial charge on any atom is 0.248 e. The van der Waals surface area contributed by atoms with Crippen molar-refractivity contribution in [2.45, 2.75) is 64.9 Å². The Balaban J connectivity index is 1.28. The molecule has 7 heteroatoms. The van der Waals surface area contributed by atoms with Gasteiger partial charge in [-0.2, -0.15) is 0 Å². The van der Waals surface area contributed by atoms with Gasteiger partial charge in [0.1, 0.15) is 23.1 Å². The SMILES string of the molecule is CCCCc1nc(N2CCN(C(=O)COCc3ccccc3)CC2)c2c3c(sc2n1)CCCCC3. The third kappa shape index (κ3) is 5.67. The van der Waals surface area contributed by atoms with Crippen molar-refractivity contribution in [3.8, 4) is 0 Å². The number of unbranched alkanes of at least 4 members (excludes halogenated alkanes) is 1. The van der Waals surface area contributed by atoms with Gasteiger partial charge in [0.2, 0.25) is 5.91 Å². The van der Waals surface area contributed by atoms with E-state index in [1.165, 1.54) is 46.3 Å². The van der Waals surface area contributed by atoms with E-state index in [1.807, 2.05) is 46.6 Å². The molecule has 0 N–H and O–H groups in total. The summed E-state index contributed by atoms with van der Waals surface area (Å²) in [4.78, 5) is 29.9. The summed E-state index contributed by atoms with van der Waals surface area (Å²) < 4.78 is 5.70. The standard InChI is InChI=1S/C28H36N4O2S/c1-2-3-14-24-29-27(26-22-12-8-5-9-13-23(22)35-28(26)30-24)32-17-15-31(16-18-32)25(33)20-34-19-21-10-6-4-7-11-21/h4,6-7,10-11H,2-3,5,8-9,12-20H2,1H3. The van der Waals surface area contributed by atoms with E-state index in [9.17, 15) is 4.79 Å². The van der Waals surface area contributed by atoms with E-state index in [0.29, 0.717) is 19.7 Å². The van der Waals surface area contributed by atoms with E-state index >= 15 is 0 Å². The molecule has 6 nitrogen and oxygen atoms in total. The number of ether oxygens (including phenoxy) is 1. The van der Waals surface area contributed by atoms with E-state index in [0.717, 1.165) is 56.0 Å². The molecular formula is C28H36N4O2S. The molecule has 1 amide bonds. The van der Waals surface area contributed by atoms with Gasteiger partial charge in [-0.15, -0.1) is 11.3 Å². The molecule has 0 bridgehead atoms. The van der Waals surface area contributed by atoms with Crippen LogP contribution in [-0.4, -0.2) is 53.6 Å². The largest absolute Gasteiger partial charge is 0.367 e. The number of aryl methyl sites for hydroxylation is 3. The van der Waals surface area contributed by atoms with Crippen molar-refractivity contribution in [2.24, 2.45) is 0 Å². The number of rotatable bonds is 8. The number of fused-ring (bicyclic) bond motifs is 3. The van der Waals surface area contributed by atoms with E-state index < -0.39 is 0 Å². The van der Waals surface area contributed by atoms with Crippen LogP contribution in [0.2, 0.25) is 0 Å². The summed E-state index contributed by atoms with van der Waals surface area (Å²) in [7, 11) is 0. The lowest BCUT2D eigenvalue weighted by Gasteiger charge is -2.36. The fraction of sp³-hybridized carbons (Fsp3) is 0.536. The Labute approximate surface area is 212 Å². The van der Waals surface area contributed by atoms with Crippen LogP contribution >= 0.6 is 11.3 Å². The van der Waals surface area contributed by atoms with Crippen molar-refractivity contribution in [3.63, 3.8) is 0 Å². The highest BCUT2D eigenvalue weighted by Gasteiger charge is 2.27. The van der Waals surface area contributed by atoms with Crippen LogP contribution in [0.4, 0.5) is 5.82 Å². The molecule has 35 heavy (non-hydrogen) atoms. The Kier molecular flexibility index (Phi) is 7.94. The molecule has 3 aromatic rings. The summed E-state index contributed by atoms with van der Waals surface area (Å²) in [6.07, 6.45) is 9.33. The van der Waals surface area contributed by atoms with Gasteiger partial charge >= 0.3 is 0 Å². The minimum Gasteiger partial charge on any atom is -0.367 e. The number of thiophene rings is 1. The average molecular weight is 493 g/mol. The van der Waals surface area contributed by atoms with E-state index in [1.54, 1.807) is 0 Å². The Bertz CT molecular complexity index is 1140. The molecule has 1 aliphatic carbocycles. The third-order valence-electron chi connectivity index (χ3n) is 7.11. The van der Waals surface area contributed by atoms with Crippen molar-refractivity contribution >= 4 is 33.3 Å². The molecule has 186 valence electrons. The molecule has 2 aliphatic rings. The highest BCUT2D eigenvalue weighted by Crippen LogP contribution is 2.39. The Morgan fingerprint density at radius 1 is 1.03 bits per heavy atom. The maximum absolute atomic E-state index is 12.8. The van der Waals surface area contributed by atoms with Gasteiger partial charge in [-0.25, -0.2) is 9.97 Å². The number of benzene rings is 1. The molecule has 1 aromatic carbocycles. The first-order valence-electron chi connectivity index (χ1n) is 13.2. The molecular weight excluding hydrogens is 456 g/mol. The van der Waals surface area contributed by atoms with Crippen LogP contribution in [0.5, 0.6) is 0 Å². The maximum atomic E-state index is 12.8. The molecule has 1 fully saturated rings. The minimum atomic E-state index is 0.0708. The van der Waals surface area contributed by atoms with Crippen molar-refractivity contribution in [3.05, 3.63) is 52.2 Å². The number of piperazine rings is 1. The number of carbonyl (C=O) groups excluding carboxylic acids is 1. The highest BCUT2D eigenvalue weighted by atomic mass is 32.1. The van der Waals surface area contributed by atoms with Crippen LogP contribution in [0.3, 0.4) is 0 Å². The lowest BCUT2D eigenvalue weighted by molar-refractivity contribution is -0.136. The summed E-state index contributed by atoms with van der Waals surface area (Å²) >= 11 is 1.89. The van der Waals surface area contributed by atoms with Crippen LogP contribution in [0.1, 0.15) is 60.9 Å². The Morgan fingerprint density at radius 2 is 1.83 bits per heavy atom. The van der Waals surface area contributed by atoms with E-state index in [2.05, 4.69) is 11.8 Å². The van der Waals surface area contributed by atoms with Crippen LogP contribution in [-0.2, 0) is 35.4 Å². The summed E-state index contributed by atoms with van der Waals surface area (Å²) in [6, 6.07) is 10.0. The van der Waals surface area contributed by atoms with Crippen molar-refractivity contribution in [1.29, 1.82) is 0 Å². The zero-order valence-electron chi connectivity index (χ0n) is 20.8. The first-order valence-corrected chi connectivity index (χ1v) is 14.0. The summed E-state index contributed by atoms with van der Waals surface area (Å²) in [5.41, 5.74) is 2.58. The van der Waals surface area contributed by atoms with Crippen LogP contribution in [0, 0.1) is 0 Å². The van der Waals surface area contributed by atoms with Crippen molar-refractivity contribution < 1.29 is 9.53 Å².